The standard InChI is InChI=1S/C11H19N3O4/c1-7(12)13-18-9(15)8-5-6-14(8)10(16)17-11(2,3)4/h8H,5-6H2,1-4H3,(H2,12,13)/t8-/m0/s1. The molecule has 1 heterocycles. The van der Waals surface area contributed by atoms with Crippen LogP contribution in [0.15, 0.2) is 5.16 Å². The second-order valence-electron chi connectivity index (χ2n) is 5.12. The Morgan fingerprint density at radius 1 is 1.39 bits per heavy atom. The number of nitrogens with zero attached hydrogens (tertiary/aromatic N) is 2. The minimum atomic E-state index is -0.636. The number of hydrogen-bond donors (Lipinski definition) is 1. The summed E-state index contributed by atoms with van der Waals surface area (Å²) in [6.07, 6.45) is 0.0150. The lowest BCUT2D eigenvalue weighted by Gasteiger charge is -2.38. The minimum absolute atomic E-state index is 0.145. The molecule has 102 valence electrons. The Bertz CT molecular complexity index is 369. The first-order chi connectivity index (χ1) is 8.20. The van der Waals surface area contributed by atoms with Crippen molar-refractivity contribution in [2.75, 3.05) is 6.54 Å². The highest BCUT2D eigenvalue weighted by Crippen LogP contribution is 2.22. The van der Waals surface area contributed by atoms with Gasteiger partial charge in [0.25, 0.3) is 0 Å². The largest absolute Gasteiger partial charge is 0.444 e. The molecule has 1 rings (SSSR count). The van der Waals surface area contributed by atoms with E-state index in [0.717, 1.165) is 0 Å². The van der Waals surface area contributed by atoms with Crippen LogP contribution in [0.3, 0.4) is 0 Å². The number of likely N-dealkylation sites (tertiary alicyclic amines) is 1. The normalized spacial score (nSPS) is 20.1. The van der Waals surface area contributed by atoms with E-state index in [1.165, 1.54) is 11.8 Å². The van der Waals surface area contributed by atoms with Crippen LogP contribution in [0.25, 0.3) is 0 Å². The fourth-order valence-electron chi connectivity index (χ4n) is 1.35. The SMILES string of the molecule is CC(N)=NOC(=O)[C@@H]1CCN1C(=O)OC(C)(C)C. The zero-order chi connectivity index (χ0) is 13.9. The second-order valence-corrected chi connectivity index (χ2v) is 5.12. The van der Waals surface area contributed by atoms with Crippen molar-refractivity contribution in [1.29, 1.82) is 0 Å². The van der Waals surface area contributed by atoms with E-state index in [0.29, 0.717) is 13.0 Å². The number of oxime groups is 1. The summed E-state index contributed by atoms with van der Waals surface area (Å²) in [5.41, 5.74) is 4.66. The predicted octanol–water partition coefficient (Wildman–Crippen LogP) is 0.831. The molecular formula is C11H19N3O4. The Kier molecular flexibility index (Phi) is 4.15. The molecule has 0 saturated carbocycles. The molecule has 0 aromatic rings. The van der Waals surface area contributed by atoms with Gasteiger partial charge in [0, 0.05) is 6.54 Å². The molecule has 0 aromatic heterocycles. The fourth-order valence-corrected chi connectivity index (χ4v) is 1.35. The van der Waals surface area contributed by atoms with E-state index in [1.807, 2.05) is 0 Å². The van der Waals surface area contributed by atoms with Gasteiger partial charge >= 0.3 is 12.1 Å². The van der Waals surface area contributed by atoms with E-state index in [2.05, 4.69) is 9.99 Å². The van der Waals surface area contributed by atoms with Crippen LogP contribution in [0.4, 0.5) is 4.79 Å². The van der Waals surface area contributed by atoms with Crippen molar-refractivity contribution in [2.24, 2.45) is 10.9 Å². The molecule has 0 aromatic carbocycles. The molecule has 1 amide bonds. The monoisotopic (exact) mass is 257 g/mol. The molecule has 18 heavy (non-hydrogen) atoms. The first-order valence-corrected chi connectivity index (χ1v) is 5.71. The molecule has 1 aliphatic heterocycles. The van der Waals surface area contributed by atoms with Crippen molar-refractivity contribution >= 4 is 17.9 Å². The summed E-state index contributed by atoms with van der Waals surface area (Å²) in [5, 5.41) is 3.36. The zero-order valence-corrected chi connectivity index (χ0v) is 11.1. The Labute approximate surface area is 106 Å². The molecule has 0 spiro atoms. The Hall–Kier alpha value is -1.79. The number of rotatable bonds is 2. The highest BCUT2D eigenvalue weighted by atomic mass is 16.7. The quantitative estimate of drug-likeness (QED) is 0.342. The van der Waals surface area contributed by atoms with Gasteiger partial charge in [-0.05, 0) is 34.1 Å². The van der Waals surface area contributed by atoms with Crippen molar-refractivity contribution in [3.05, 3.63) is 0 Å². The number of amides is 1. The van der Waals surface area contributed by atoms with Crippen LogP contribution in [0.1, 0.15) is 34.1 Å². The maximum absolute atomic E-state index is 11.7. The smallest absolute Gasteiger partial charge is 0.411 e. The van der Waals surface area contributed by atoms with Gasteiger partial charge in [-0.15, -0.1) is 0 Å². The Morgan fingerprint density at radius 3 is 2.39 bits per heavy atom. The van der Waals surface area contributed by atoms with Gasteiger partial charge in [0.2, 0.25) is 0 Å². The van der Waals surface area contributed by atoms with Crippen LogP contribution >= 0.6 is 0 Å². The average Bonchev–Trinajstić information content (AvgIpc) is 2.09. The van der Waals surface area contributed by atoms with Crippen LogP contribution in [0.2, 0.25) is 0 Å². The van der Waals surface area contributed by atoms with Gasteiger partial charge in [-0.1, -0.05) is 5.16 Å². The third kappa shape index (κ3) is 3.90. The van der Waals surface area contributed by atoms with E-state index in [9.17, 15) is 9.59 Å². The molecule has 1 saturated heterocycles. The molecule has 7 nitrogen and oxygen atoms in total. The molecule has 0 unspecified atom stereocenters. The lowest BCUT2D eigenvalue weighted by molar-refractivity contribution is -0.154. The van der Waals surface area contributed by atoms with E-state index >= 15 is 0 Å². The first-order valence-electron chi connectivity index (χ1n) is 5.71. The fraction of sp³-hybridized carbons (Fsp3) is 0.727. The molecule has 7 heteroatoms. The number of carbonyl (C=O) groups excluding carboxylic acids is 2. The average molecular weight is 257 g/mol. The Balaban J connectivity index is 2.53. The molecule has 0 bridgehead atoms. The number of ether oxygens (including phenoxy) is 1. The summed E-state index contributed by atoms with van der Waals surface area (Å²) in [4.78, 5) is 29.2. The molecule has 1 aliphatic rings. The van der Waals surface area contributed by atoms with E-state index in [4.69, 9.17) is 10.5 Å². The van der Waals surface area contributed by atoms with Crippen molar-refractivity contribution in [3.63, 3.8) is 0 Å². The number of carbonyl (C=O) groups is 2. The topological polar surface area (TPSA) is 94.2 Å². The van der Waals surface area contributed by atoms with Crippen LogP contribution in [0, 0.1) is 0 Å². The van der Waals surface area contributed by atoms with Crippen molar-refractivity contribution < 1.29 is 19.2 Å². The lowest BCUT2D eigenvalue weighted by Crippen LogP contribution is -2.56. The summed E-state index contributed by atoms with van der Waals surface area (Å²) < 4.78 is 5.17. The van der Waals surface area contributed by atoms with Crippen LogP contribution in [0.5, 0.6) is 0 Å². The maximum Gasteiger partial charge on any atom is 0.411 e. The summed E-state index contributed by atoms with van der Waals surface area (Å²) in [6, 6.07) is -0.636. The highest BCUT2D eigenvalue weighted by Gasteiger charge is 2.41. The highest BCUT2D eigenvalue weighted by molar-refractivity contribution is 5.84. The van der Waals surface area contributed by atoms with Crippen LogP contribution < -0.4 is 5.73 Å². The molecule has 0 aliphatic carbocycles. The third-order valence-electron chi connectivity index (χ3n) is 2.20. The first kappa shape index (κ1) is 14.3. The Morgan fingerprint density at radius 2 is 2.00 bits per heavy atom. The summed E-state index contributed by atoms with van der Waals surface area (Å²) in [6.45, 7) is 7.26. The molecule has 1 atom stereocenters. The van der Waals surface area contributed by atoms with Gasteiger partial charge in [0.05, 0.1) is 0 Å². The molecular weight excluding hydrogens is 238 g/mol. The number of amidine groups is 1. The van der Waals surface area contributed by atoms with Crippen molar-refractivity contribution in [3.8, 4) is 0 Å². The van der Waals surface area contributed by atoms with E-state index < -0.39 is 23.7 Å². The van der Waals surface area contributed by atoms with Gasteiger partial charge in [0.1, 0.15) is 17.5 Å². The number of nitrogens with two attached hydrogens (primary N) is 1. The summed E-state index contributed by atoms with van der Waals surface area (Å²) in [7, 11) is 0. The minimum Gasteiger partial charge on any atom is -0.444 e. The summed E-state index contributed by atoms with van der Waals surface area (Å²) in [5.74, 6) is -0.455. The zero-order valence-electron chi connectivity index (χ0n) is 11.1. The van der Waals surface area contributed by atoms with Gasteiger partial charge in [-0.3, -0.25) is 4.90 Å². The molecule has 2 N–H and O–H groups in total. The van der Waals surface area contributed by atoms with Gasteiger partial charge in [-0.25, -0.2) is 9.59 Å². The third-order valence-corrected chi connectivity index (χ3v) is 2.20. The second kappa shape index (κ2) is 5.24. The van der Waals surface area contributed by atoms with Crippen molar-refractivity contribution in [2.45, 2.75) is 45.8 Å². The summed E-state index contributed by atoms with van der Waals surface area (Å²) >= 11 is 0. The predicted molar refractivity (Wildman–Crippen MR) is 64.7 cm³/mol. The number of hydrogen-bond acceptors (Lipinski definition) is 5. The molecule has 1 fully saturated rings. The van der Waals surface area contributed by atoms with Crippen LogP contribution in [-0.2, 0) is 14.4 Å². The van der Waals surface area contributed by atoms with E-state index in [1.54, 1.807) is 20.8 Å². The molecule has 0 radical (unpaired) electrons. The van der Waals surface area contributed by atoms with Gasteiger partial charge < -0.3 is 15.3 Å². The van der Waals surface area contributed by atoms with Gasteiger partial charge in [0.15, 0.2) is 0 Å². The maximum atomic E-state index is 11.7. The lowest BCUT2D eigenvalue weighted by atomic mass is 10.0. The van der Waals surface area contributed by atoms with Gasteiger partial charge in [-0.2, -0.15) is 0 Å². The van der Waals surface area contributed by atoms with Crippen LogP contribution in [-0.4, -0.2) is 41.0 Å². The van der Waals surface area contributed by atoms with E-state index in [-0.39, 0.29) is 5.84 Å². The van der Waals surface area contributed by atoms with Crippen molar-refractivity contribution in [1.82, 2.24) is 4.90 Å².